The van der Waals surface area contributed by atoms with Crippen molar-refractivity contribution < 1.29 is 4.39 Å². The molecule has 1 aromatic heterocycles. The fraction of sp³-hybridized carbons (Fsp3) is 0. The first-order valence-corrected chi connectivity index (χ1v) is 6.43. The van der Waals surface area contributed by atoms with E-state index in [0.29, 0.717) is 11.4 Å². The summed E-state index contributed by atoms with van der Waals surface area (Å²) in [5.41, 5.74) is 8.64. The number of hydrogen-bond acceptors (Lipinski definition) is 3. The standard InChI is InChI=1S/C11H8Cl2FN5S/c12-9-8(5-16-18-11(15)20)19(10(13)17-9)7-3-1-6(14)2-4-7/h1-5H,(H3,15,18,20)/b16-5+. The zero-order valence-electron chi connectivity index (χ0n) is 9.85. The van der Waals surface area contributed by atoms with Crippen molar-refractivity contribution in [1.29, 1.82) is 0 Å². The Hall–Kier alpha value is -1.70. The smallest absolute Gasteiger partial charge is 0.209 e. The summed E-state index contributed by atoms with van der Waals surface area (Å²) in [5, 5.41) is 4.08. The summed E-state index contributed by atoms with van der Waals surface area (Å²) < 4.78 is 14.5. The van der Waals surface area contributed by atoms with E-state index in [2.05, 4.69) is 27.7 Å². The lowest BCUT2D eigenvalue weighted by atomic mass is 10.3. The highest BCUT2D eigenvalue weighted by molar-refractivity contribution is 7.80. The van der Waals surface area contributed by atoms with Crippen LogP contribution in [0.15, 0.2) is 29.4 Å². The number of hydrazone groups is 1. The molecule has 0 radical (unpaired) electrons. The van der Waals surface area contributed by atoms with Gasteiger partial charge >= 0.3 is 0 Å². The first-order valence-electron chi connectivity index (χ1n) is 5.27. The molecule has 0 bridgehead atoms. The van der Waals surface area contributed by atoms with Crippen LogP contribution in [-0.2, 0) is 0 Å². The number of aromatic nitrogens is 2. The summed E-state index contributed by atoms with van der Waals surface area (Å²) in [7, 11) is 0. The summed E-state index contributed by atoms with van der Waals surface area (Å²) in [6.07, 6.45) is 1.36. The van der Waals surface area contributed by atoms with Crippen LogP contribution in [0.25, 0.3) is 5.69 Å². The van der Waals surface area contributed by atoms with Gasteiger partial charge in [0.2, 0.25) is 5.28 Å². The van der Waals surface area contributed by atoms with Crippen molar-refractivity contribution in [2.75, 3.05) is 0 Å². The minimum Gasteiger partial charge on any atom is -0.375 e. The fourth-order valence-electron chi connectivity index (χ4n) is 1.48. The van der Waals surface area contributed by atoms with Crippen molar-refractivity contribution in [2.24, 2.45) is 10.8 Å². The zero-order chi connectivity index (χ0) is 14.7. The average molecular weight is 332 g/mol. The molecule has 9 heteroatoms. The number of nitrogens with zero attached hydrogens (tertiary/aromatic N) is 3. The maximum Gasteiger partial charge on any atom is 0.209 e. The van der Waals surface area contributed by atoms with Gasteiger partial charge in [0.25, 0.3) is 0 Å². The van der Waals surface area contributed by atoms with E-state index in [0.717, 1.165) is 0 Å². The van der Waals surface area contributed by atoms with E-state index in [1.165, 1.54) is 35.0 Å². The molecule has 0 fully saturated rings. The Morgan fingerprint density at radius 3 is 2.65 bits per heavy atom. The van der Waals surface area contributed by atoms with Crippen LogP contribution in [0, 0.1) is 5.82 Å². The molecule has 1 heterocycles. The molecule has 0 amide bonds. The second-order valence-corrected chi connectivity index (χ2v) is 4.74. The maximum absolute atomic E-state index is 13.0. The van der Waals surface area contributed by atoms with Gasteiger partial charge in [-0.15, -0.1) is 0 Å². The minimum absolute atomic E-state index is 0.0105. The van der Waals surface area contributed by atoms with Gasteiger partial charge in [-0.2, -0.15) is 5.10 Å². The number of halogens is 3. The van der Waals surface area contributed by atoms with Crippen molar-refractivity contribution >= 4 is 46.7 Å². The Labute approximate surface area is 129 Å². The molecular weight excluding hydrogens is 324 g/mol. The summed E-state index contributed by atoms with van der Waals surface area (Å²) >= 11 is 16.6. The molecular formula is C11H8Cl2FN5S. The average Bonchev–Trinajstić information content (AvgIpc) is 2.65. The van der Waals surface area contributed by atoms with E-state index >= 15 is 0 Å². The molecule has 20 heavy (non-hydrogen) atoms. The summed E-state index contributed by atoms with van der Waals surface area (Å²) in [5.74, 6) is -0.360. The van der Waals surface area contributed by atoms with Crippen molar-refractivity contribution in [3.8, 4) is 5.69 Å². The van der Waals surface area contributed by atoms with Gasteiger partial charge in [0.05, 0.1) is 6.21 Å². The van der Waals surface area contributed by atoms with Crippen LogP contribution >= 0.6 is 35.4 Å². The Balaban J connectivity index is 2.44. The van der Waals surface area contributed by atoms with E-state index in [4.69, 9.17) is 28.9 Å². The molecule has 1 aromatic carbocycles. The molecule has 3 N–H and O–H groups in total. The van der Waals surface area contributed by atoms with E-state index < -0.39 is 0 Å². The quantitative estimate of drug-likeness (QED) is 0.515. The summed E-state index contributed by atoms with van der Waals surface area (Å²) in [6, 6.07) is 5.68. The topological polar surface area (TPSA) is 68.2 Å². The Morgan fingerprint density at radius 2 is 2.05 bits per heavy atom. The predicted molar refractivity (Wildman–Crippen MR) is 81.1 cm³/mol. The number of nitrogens with two attached hydrogens (primary N) is 1. The maximum atomic E-state index is 13.0. The lowest BCUT2D eigenvalue weighted by molar-refractivity contribution is 0.627. The van der Waals surface area contributed by atoms with Gasteiger partial charge in [-0.05, 0) is 48.1 Å². The molecule has 0 aliphatic carbocycles. The number of hydrogen-bond donors (Lipinski definition) is 2. The van der Waals surface area contributed by atoms with Gasteiger partial charge in [-0.25, -0.2) is 9.37 Å². The van der Waals surface area contributed by atoms with Crippen molar-refractivity contribution in [2.45, 2.75) is 0 Å². The van der Waals surface area contributed by atoms with Crippen LogP contribution in [-0.4, -0.2) is 20.9 Å². The van der Waals surface area contributed by atoms with Crippen LogP contribution in [0.3, 0.4) is 0 Å². The number of imidazole rings is 1. The minimum atomic E-state index is -0.360. The van der Waals surface area contributed by atoms with Gasteiger partial charge in [-0.1, -0.05) is 11.6 Å². The number of rotatable bonds is 3. The monoisotopic (exact) mass is 331 g/mol. The van der Waals surface area contributed by atoms with Crippen LogP contribution in [0.5, 0.6) is 0 Å². The normalized spacial score (nSPS) is 10.9. The Bertz CT molecular complexity index is 668. The molecule has 2 aromatic rings. The van der Waals surface area contributed by atoms with Gasteiger partial charge in [0.15, 0.2) is 10.3 Å². The van der Waals surface area contributed by atoms with Crippen LogP contribution < -0.4 is 11.2 Å². The van der Waals surface area contributed by atoms with Crippen LogP contribution in [0.1, 0.15) is 5.69 Å². The van der Waals surface area contributed by atoms with Gasteiger partial charge in [0.1, 0.15) is 11.5 Å². The van der Waals surface area contributed by atoms with Crippen molar-refractivity contribution in [1.82, 2.24) is 15.0 Å². The second kappa shape index (κ2) is 6.17. The largest absolute Gasteiger partial charge is 0.375 e. The number of nitrogens with one attached hydrogen (secondary N) is 1. The number of benzene rings is 1. The molecule has 2 rings (SSSR count). The molecule has 5 nitrogen and oxygen atoms in total. The highest BCUT2D eigenvalue weighted by Gasteiger charge is 2.14. The lowest BCUT2D eigenvalue weighted by Gasteiger charge is -2.06. The first kappa shape index (κ1) is 14.7. The first-order chi connectivity index (χ1) is 9.49. The Kier molecular flexibility index (Phi) is 4.53. The molecule has 0 unspecified atom stereocenters. The van der Waals surface area contributed by atoms with E-state index in [-0.39, 0.29) is 21.4 Å². The Morgan fingerprint density at radius 1 is 1.40 bits per heavy atom. The fourth-order valence-corrected chi connectivity index (χ4v) is 2.07. The highest BCUT2D eigenvalue weighted by atomic mass is 35.5. The number of thiocarbonyl (C=S) groups is 1. The highest BCUT2D eigenvalue weighted by Crippen LogP contribution is 2.24. The molecule has 0 atom stereocenters. The molecule has 0 saturated heterocycles. The van der Waals surface area contributed by atoms with Gasteiger partial charge < -0.3 is 5.73 Å². The van der Waals surface area contributed by atoms with Crippen molar-refractivity contribution in [3.05, 3.63) is 46.2 Å². The third kappa shape index (κ3) is 3.24. The van der Waals surface area contributed by atoms with Crippen LogP contribution in [0.4, 0.5) is 4.39 Å². The third-order valence-corrected chi connectivity index (χ3v) is 2.90. The summed E-state index contributed by atoms with van der Waals surface area (Å²) in [6.45, 7) is 0. The molecule has 0 spiro atoms. The predicted octanol–water partition coefficient (Wildman–Crippen LogP) is 2.49. The van der Waals surface area contributed by atoms with Gasteiger partial charge in [0, 0.05) is 5.69 Å². The molecule has 0 aliphatic rings. The third-order valence-electron chi connectivity index (χ3n) is 2.27. The second-order valence-electron chi connectivity index (χ2n) is 3.60. The molecule has 104 valence electrons. The zero-order valence-corrected chi connectivity index (χ0v) is 12.2. The molecule has 0 aliphatic heterocycles. The van der Waals surface area contributed by atoms with E-state index in [9.17, 15) is 4.39 Å². The van der Waals surface area contributed by atoms with Crippen LogP contribution in [0.2, 0.25) is 10.4 Å². The van der Waals surface area contributed by atoms with E-state index in [1.807, 2.05) is 0 Å². The van der Waals surface area contributed by atoms with Crippen molar-refractivity contribution in [3.63, 3.8) is 0 Å². The van der Waals surface area contributed by atoms with E-state index in [1.54, 1.807) is 0 Å². The summed E-state index contributed by atoms with van der Waals surface area (Å²) in [4.78, 5) is 3.92. The lowest BCUT2D eigenvalue weighted by Crippen LogP contribution is -2.24. The van der Waals surface area contributed by atoms with Gasteiger partial charge in [-0.3, -0.25) is 9.99 Å². The molecule has 0 saturated carbocycles. The SMILES string of the molecule is NC(=S)N/N=C/c1c(Cl)nc(Cl)n1-c1ccc(F)cc1.